The molecular weight excluding hydrogens is 208 g/mol. The monoisotopic (exact) mass is 232 g/mol. The molecule has 94 valence electrons. The zero-order valence-corrected chi connectivity index (χ0v) is 10.6. The van der Waals surface area contributed by atoms with Gasteiger partial charge >= 0.3 is 0 Å². The lowest BCUT2D eigenvalue weighted by molar-refractivity contribution is 0.249. The molecule has 0 aliphatic heterocycles. The van der Waals surface area contributed by atoms with Crippen LogP contribution in [0.2, 0.25) is 0 Å². The minimum absolute atomic E-state index is 0.835. The maximum absolute atomic E-state index is 5.53. The molecule has 17 heavy (non-hydrogen) atoms. The fraction of sp³-hybridized carbons (Fsp3) is 0.600. The maximum atomic E-state index is 5.53. The second kappa shape index (κ2) is 6.77. The zero-order chi connectivity index (χ0) is 11.9. The Morgan fingerprint density at radius 3 is 2.47 bits per heavy atom. The molecule has 0 radical (unpaired) electrons. The highest BCUT2D eigenvalue weighted by Gasteiger charge is 2.28. The van der Waals surface area contributed by atoms with Gasteiger partial charge in [0, 0.05) is 12.6 Å². The molecule has 2 heteroatoms. The van der Waals surface area contributed by atoms with E-state index < -0.39 is 0 Å². The topological polar surface area (TPSA) is 29.3 Å². The smallest absolute Gasteiger partial charge is 0.0236 e. The van der Waals surface area contributed by atoms with Crippen LogP contribution in [-0.2, 0) is 6.54 Å². The van der Waals surface area contributed by atoms with Crippen LogP contribution < -0.4 is 5.73 Å². The van der Waals surface area contributed by atoms with Crippen molar-refractivity contribution in [2.75, 3.05) is 13.1 Å². The van der Waals surface area contributed by atoms with E-state index in [0.29, 0.717) is 0 Å². The molecule has 2 N–H and O–H groups in total. The lowest BCUT2D eigenvalue weighted by Crippen LogP contribution is -2.26. The largest absolute Gasteiger partial charge is 0.330 e. The first-order valence-corrected chi connectivity index (χ1v) is 6.88. The van der Waals surface area contributed by atoms with E-state index in [1.807, 2.05) is 0 Å². The third kappa shape index (κ3) is 4.49. The van der Waals surface area contributed by atoms with Crippen LogP contribution in [0.15, 0.2) is 30.3 Å². The summed E-state index contributed by atoms with van der Waals surface area (Å²) in [5, 5.41) is 0. The number of hydrogen-bond acceptors (Lipinski definition) is 2. The van der Waals surface area contributed by atoms with Crippen LogP contribution in [0.3, 0.4) is 0 Å². The van der Waals surface area contributed by atoms with Crippen molar-refractivity contribution < 1.29 is 0 Å². The molecule has 1 aliphatic carbocycles. The van der Waals surface area contributed by atoms with Crippen LogP contribution in [0.4, 0.5) is 0 Å². The molecule has 1 aromatic rings. The Bertz CT molecular complexity index is 306. The van der Waals surface area contributed by atoms with E-state index in [0.717, 1.165) is 19.1 Å². The van der Waals surface area contributed by atoms with Crippen molar-refractivity contribution in [1.82, 2.24) is 4.90 Å². The molecule has 0 unspecified atom stereocenters. The van der Waals surface area contributed by atoms with Crippen molar-refractivity contribution in [3.8, 4) is 0 Å². The van der Waals surface area contributed by atoms with Gasteiger partial charge in [-0.05, 0) is 44.3 Å². The quantitative estimate of drug-likeness (QED) is 0.698. The van der Waals surface area contributed by atoms with Gasteiger partial charge in [0.1, 0.15) is 0 Å². The van der Waals surface area contributed by atoms with Gasteiger partial charge in [0.05, 0.1) is 0 Å². The Kier molecular flexibility index (Phi) is 5.02. The number of nitrogens with two attached hydrogens (primary N) is 1. The van der Waals surface area contributed by atoms with Gasteiger partial charge in [-0.3, -0.25) is 4.90 Å². The first kappa shape index (κ1) is 12.6. The molecule has 1 aliphatic rings. The van der Waals surface area contributed by atoms with Gasteiger partial charge in [-0.15, -0.1) is 0 Å². The van der Waals surface area contributed by atoms with Crippen molar-refractivity contribution >= 4 is 0 Å². The summed E-state index contributed by atoms with van der Waals surface area (Å²) >= 11 is 0. The van der Waals surface area contributed by atoms with E-state index in [1.54, 1.807) is 0 Å². The van der Waals surface area contributed by atoms with E-state index >= 15 is 0 Å². The van der Waals surface area contributed by atoms with Gasteiger partial charge in [-0.2, -0.15) is 0 Å². The highest BCUT2D eigenvalue weighted by molar-refractivity contribution is 5.14. The molecule has 0 aromatic heterocycles. The average molecular weight is 232 g/mol. The molecular formula is C15H24N2. The van der Waals surface area contributed by atoms with Crippen molar-refractivity contribution in [2.45, 2.75) is 44.7 Å². The zero-order valence-electron chi connectivity index (χ0n) is 10.6. The van der Waals surface area contributed by atoms with Crippen molar-refractivity contribution in [3.63, 3.8) is 0 Å². The molecule has 1 aromatic carbocycles. The minimum Gasteiger partial charge on any atom is -0.330 e. The number of rotatable bonds is 8. The van der Waals surface area contributed by atoms with Crippen LogP contribution in [0.25, 0.3) is 0 Å². The molecule has 1 saturated carbocycles. The summed E-state index contributed by atoms with van der Waals surface area (Å²) in [6.45, 7) is 3.19. The lowest BCUT2D eigenvalue weighted by Gasteiger charge is -2.22. The average Bonchev–Trinajstić information content (AvgIpc) is 3.19. The molecule has 2 nitrogen and oxygen atoms in total. The van der Waals surface area contributed by atoms with Gasteiger partial charge in [0.25, 0.3) is 0 Å². The molecule has 0 bridgehead atoms. The van der Waals surface area contributed by atoms with E-state index in [2.05, 4.69) is 35.2 Å². The van der Waals surface area contributed by atoms with Gasteiger partial charge in [-0.25, -0.2) is 0 Å². The van der Waals surface area contributed by atoms with Crippen LogP contribution >= 0.6 is 0 Å². The first-order chi connectivity index (χ1) is 8.40. The van der Waals surface area contributed by atoms with Crippen LogP contribution in [0.5, 0.6) is 0 Å². The van der Waals surface area contributed by atoms with E-state index in [1.165, 1.54) is 44.2 Å². The van der Waals surface area contributed by atoms with Gasteiger partial charge in [0.2, 0.25) is 0 Å². The first-order valence-electron chi connectivity index (χ1n) is 6.88. The highest BCUT2D eigenvalue weighted by atomic mass is 15.2. The summed E-state index contributed by atoms with van der Waals surface area (Å²) in [5.74, 6) is 0. The van der Waals surface area contributed by atoms with Crippen molar-refractivity contribution in [3.05, 3.63) is 35.9 Å². The van der Waals surface area contributed by atoms with Gasteiger partial charge in [-0.1, -0.05) is 36.8 Å². The van der Waals surface area contributed by atoms with Crippen molar-refractivity contribution in [2.24, 2.45) is 5.73 Å². The third-order valence-electron chi connectivity index (χ3n) is 3.44. The Morgan fingerprint density at radius 2 is 1.82 bits per heavy atom. The summed E-state index contributed by atoms with van der Waals surface area (Å²) in [4.78, 5) is 2.64. The highest BCUT2D eigenvalue weighted by Crippen LogP contribution is 2.28. The second-order valence-electron chi connectivity index (χ2n) is 5.04. The molecule has 2 rings (SSSR count). The van der Waals surface area contributed by atoms with Gasteiger partial charge < -0.3 is 5.73 Å². The Hall–Kier alpha value is -0.860. The fourth-order valence-electron chi connectivity index (χ4n) is 2.28. The van der Waals surface area contributed by atoms with Gasteiger partial charge in [0.15, 0.2) is 0 Å². The third-order valence-corrected chi connectivity index (χ3v) is 3.44. The minimum atomic E-state index is 0.835. The Morgan fingerprint density at radius 1 is 1.06 bits per heavy atom. The molecule has 0 saturated heterocycles. The Labute approximate surface area is 105 Å². The summed E-state index contributed by atoms with van der Waals surface area (Å²) in [5.41, 5.74) is 6.97. The molecule has 1 fully saturated rings. The summed E-state index contributed by atoms with van der Waals surface area (Å²) in [7, 11) is 0. The van der Waals surface area contributed by atoms with E-state index in [9.17, 15) is 0 Å². The lowest BCUT2D eigenvalue weighted by atomic mass is 10.2. The Balaban J connectivity index is 1.77. The van der Waals surface area contributed by atoms with Crippen LogP contribution in [0.1, 0.15) is 37.7 Å². The second-order valence-corrected chi connectivity index (χ2v) is 5.04. The SMILES string of the molecule is NCCCCCN(Cc1ccccc1)C1CC1. The predicted molar refractivity (Wildman–Crippen MR) is 72.8 cm³/mol. The summed E-state index contributed by atoms with van der Waals surface area (Å²) in [6.07, 6.45) is 6.52. The molecule has 0 amide bonds. The van der Waals surface area contributed by atoms with Crippen LogP contribution in [0, 0.1) is 0 Å². The normalized spacial score (nSPS) is 15.4. The number of nitrogens with zero attached hydrogens (tertiary/aromatic N) is 1. The number of unbranched alkanes of at least 4 members (excludes halogenated alkanes) is 2. The summed E-state index contributed by atoms with van der Waals surface area (Å²) < 4.78 is 0. The molecule has 0 atom stereocenters. The molecule has 0 heterocycles. The number of hydrogen-bond donors (Lipinski definition) is 1. The van der Waals surface area contributed by atoms with Crippen LogP contribution in [-0.4, -0.2) is 24.0 Å². The molecule has 0 spiro atoms. The number of benzene rings is 1. The predicted octanol–water partition coefficient (Wildman–Crippen LogP) is 2.78. The van der Waals surface area contributed by atoms with Crippen molar-refractivity contribution in [1.29, 1.82) is 0 Å². The van der Waals surface area contributed by atoms with E-state index in [4.69, 9.17) is 5.73 Å². The summed E-state index contributed by atoms with van der Waals surface area (Å²) in [6, 6.07) is 11.7. The van der Waals surface area contributed by atoms with E-state index in [-0.39, 0.29) is 0 Å². The fourth-order valence-corrected chi connectivity index (χ4v) is 2.28. The standard InChI is InChI=1S/C15H24N2/c16-11-5-2-6-12-17(15-9-10-15)13-14-7-3-1-4-8-14/h1,3-4,7-8,15H,2,5-6,9-13,16H2. The maximum Gasteiger partial charge on any atom is 0.0236 e.